The zero-order chi connectivity index (χ0) is 22.1. The lowest BCUT2D eigenvalue weighted by molar-refractivity contribution is -0.131. The number of hydrogen-bond donors (Lipinski definition) is 1. The van der Waals surface area contributed by atoms with Gasteiger partial charge >= 0.3 is 0 Å². The molecule has 0 aliphatic carbocycles. The van der Waals surface area contributed by atoms with Gasteiger partial charge < -0.3 is 15.5 Å². The summed E-state index contributed by atoms with van der Waals surface area (Å²) >= 11 is 0. The second kappa shape index (κ2) is 8.33. The summed E-state index contributed by atoms with van der Waals surface area (Å²) in [5.41, 5.74) is 9.21. The molecule has 0 spiro atoms. The van der Waals surface area contributed by atoms with Crippen LogP contribution in [0.1, 0.15) is 33.7 Å². The van der Waals surface area contributed by atoms with Gasteiger partial charge in [0, 0.05) is 44.0 Å². The molecule has 0 saturated carbocycles. The van der Waals surface area contributed by atoms with Gasteiger partial charge in [-0.3, -0.25) is 9.59 Å². The highest BCUT2D eigenvalue weighted by atomic mass is 19.1. The van der Waals surface area contributed by atoms with Crippen LogP contribution in [0.25, 0.3) is 5.65 Å². The highest BCUT2D eigenvalue weighted by Crippen LogP contribution is 2.22. The normalized spacial score (nSPS) is 14.3. The summed E-state index contributed by atoms with van der Waals surface area (Å²) in [6.07, 6.45) is 2.29. The Labute approximate surface area is 179 Å². The van der Waals surface area contributed by atoms with Gasteiger partial charge in [-0.1, -0.05) is 12.1 Å². The molecule has 4 rings (SSSR count). The van der Waals surface area contributed by atoms with Crippen molar-refractivity contribution in [2.45, 2.75) is 26.7 Å². The summed E-state index contributed by atoms with van der Waals surface area (Å²) in [5, 5.41) is 4.22. The summed E-state index contributed by atoms with van der Waals surface area (Å²) in [7, 11) is 0. The molecule has 1 fully saturated rings. The quantitative estimate of drug-likeness (QED) is 0.674. The predicted molar refractivity (Wildman–Crippen MR) is 114 cm³/mol. The lowest BCUT2D eigenvalue weighted by Crippen LogP contribution is -2.49. The number of nitrogens with two attached hydrogens (primary N) is 1. The third-order valence-electron chi connectivity index (χ3n) is 5.89. The van der Waals surface area contributed by atoms with E-state index in [2.05, 4.69) is 10.1 Å². The van der Waals surface area contributed by atoms with Crippen molar-refractivity contribution in [3.63, 3.8) is 0 Å². The van der Waals surface area contributed by atoms with E-state index < -0.39 is 5.91 Å². The SMILES string of the molecule is Cc1nc2c(C(N)=O)cnn2c(C)c1CCC(=O)N1CCN(c2ccccc2F)CC1. The number of amides is 2. The number of primary amides is 1. The Kier molecular flexibility index (Phi) is 5.58. The Bertz CT molecular complexity index is 1150. The third kappa shape index (κ3) is 3.95. The summed E-state index contributed by atoms with van der Waals surface area (Å²) in [5.74, 6) is -0.752. The first-order valence-corrected chi connectivity index (χ1v) is 10.3. The molecule has 31 heavy (non-hydrogen) atoms. The minimum Gasteiger partial charge on any atom is -0.366 e. The maximum absolute atomic E-state index is 14.0. The molecule has 2 aromatic heterocycles. The second-order valence-corrected chi connectivity index (χ2v) is 7.74. The van der Waals surface area contributed by atoms with Crippen LogP contribution in [-0.4, -0.2) is 57.5 Å². The van der Waals surface area contributed by atoms with E-state index in [9.17, 15) is 14.0 Å². The maximum atomic E-state index is 14.0. The summed E-state index contributed by atoms with van der Waals surface area (Å²) in [6, 6.07) is 6.71. The minimum absolute atomic E-state index is 0.0605. The van der Waals surface area contributed by atoms with E-state index in [0.717, 1.165) is 17.0 Å². The molecule has 162 valence electrons. The molecule has 2 N–H and O–H groups in total. The van der Waals surface area contributed by atoms with Gasteiger partial charge in [0.25, 0.3) is 5.91 Å². The van der Waals surface area contributed by atoms with E-state index >= 15 is 0 Å². The Morgan fingerprint density at radius 3 is 2.52 bits per heavy atom. The van der Waals surface area contributed by atoms with Crippen molar-refractivity contribution in [3.05, 3.63) is 58.8 Å². The number of para-hydroxylation sites is 1. The maximum Gasteiger partial charge on any atom is 0.254 e. The summed E-state index contributed by atoms with van der Waals surface area (Å²) < 4.78 is 15.6. The van der Waals surface area contributed by atoms with Gasteiger partial charge in [-0.15, -0.1) is 0 Å². The average molecular weight is 424 g/mol. The number of rotatable bonds is 5. The highest BCUT2D eigenvalue weighted by molar-refractivity contribution is 5.98. The molecule has 8 nitrogen and oxygen atoms in total. The zero-order valence-electron chi connectivity index (χ0n) is 17.6. The van der Waals surface area contributed by atoms with Crippen molar-refractivity contribution < 1.29 is 14.0 Å². The van der Waals surface area contributed by atoms with Gasteiger partial charge in [0.15, 0.2) is 5.65 Å². The van der Waals surface area contributed by atoms with Gasteiger partial charge in [-0.2, -0.15) is 5.10 Å². The van der Waals surface area contributed by atoms with Gasteiger partial charge in [-0.05, 0) is 38.0 Å². The average Bonchev–Trinajstić information content (AvgIpc) is 3.18. The molecular weight excluding hydrogens is 399 g/mol. The molecule has 3 aromatic rings. The first kappa shape index (κ1) is 20.8. The van der Waals surface area contributed by atoms with Crippen LogP contribution in [0, 0.1) is 19.7 Å². The fraction of sp³-hybridized carbons (Fsp3) is 0.364. The van der Waals surface area contributed by atoms with Crippen LogP contribution in [0.15, 0.2) is 30.5 Å². The van der Waals surface area contributed by atoms with Crippen LogP contribution in [0.3, 0.4) is 0 Å². The third-order valence-corrected chi connectivity index (χ3v) is 5.89. The molecule has 1 aliphatic heterocycles. The van der Waals surface area contributed by atoms with E-state index in [1.54, 1.807) is 16.6 Å². The smallest absolute Gasteiger partial charge is 0.254 e. The minimum atomic E-state index is -0.571. The molecule has 0 bridgehead atoms. The number of fused-ring (bicyclic) bond motifs is 1. The van der Waals surface area contributed by atoms with E-state index in [4.69, 9.17) is 5.73 Å². The highest BCUT2D eigenvalue weighted by Gasteiger charge is 2.23. The lowest BCUT2D eigenvalue weighted by Gasteiger charge is -2.36. The molecule has 2 amide bonds. The largest absolute Gasteiger partial charge is 0.366 e. The van der Waals surface area contributed by atoms with E-state index in [-0.39, 0.29) is 17.3 Å². The zero-order valence-corrected chi connectivity index (χ0v) is 17.6. The monoisotopic (exact) mass is 424 g/mol. The van der Waals surface area contributed by atoms with Gasteiger partial charge in [0.2, 0.25) is 5.91 Å². The number of hydrogen-bond acceptors (Lipinski definition) is 5. The van der Waals surface area contributed by atoms with Gasteiger partial charge in [-0.25, -0.2) is 13.9 Å². The molecule has 1 aromatic carbocycles. The number of halogens is 1. The number of aryl methyl sites for hydroxylation is 2. The van der Waals surface area contributed by atoms with Gasteiger partial charge in [0.1, 0.15) is 11.4 Å². The van der Waals surface area contributed by atoms with Crippen molar-refractivity contribution in [2.24, 2.45) is 5.73 Å². The Morgan fingerprint density at radius 1 is 1.13 bits per heavy atom. The van der Waals surface area contributed by atoms with Crippen LogP contribution < -0.4 is 10.6 Å². The Balaban J connectivity index is 1.41. The van der Waals surface area contributed by atoms with E-state index in [1.165, 1.54) is 12.3 Å². The van der Waals surface area contributed by atoms with Crippen LogP contribution in [-0.2, 0) is 11.2 Å². The molecule has 3 heterocycles. The molecule has 9 heteroatoms. The first-order chi connectivity index (χ1) is 14.9. The predicted octanol–water partition coefficient (Wildman–Crippen LogP) is 1.87. The Morgan fingerprint density at radius 2 is 1.84 bits per heavy atom. The topological polar surface area (TPSA) is 96.8 Å². The van der Waals surface area contributed by atoms with E-state index in [1.807, 2.05) is 29.7 Å². The number of aromatic nitrogens is 3. The van der Waals surface area contributed by atoms with Crippen LogP contribution >= 0.6 is 0 Å². The molecular formula is C22H25FN6O2. The number of carbonyl (C=O) groups is 2. The number of benzene rings is 1. The second-order valence-electron chi connectivity index (χ2n) is 7.74. The van der Waals surface area contributed by atoms with Crippen molar-refractivity contribution in [3.8, 4) is 0 Å². The fourth-order valence-electron chi connectivity index (χ4n) is 4.14. The van der Waals surface area contributed by atoms with Crippen molar-refractivity contribution in [2.75, 3.05) is 31.1 Å². The molecule has 0 radical (unpaired) electrons. The molecule has 0 atom stereocenters. The number of anilines is 1. The number of nitrogens with zero attached hydrogens (tertiary/aromatic N) is 5. The molecule has 1 aliphatic rings. The van der Waals surface area contributed by atoms with Crippen LogP contribution in [0.4, 0.5) is 10.1 Å². The lowest BCUT2D eigenvalue weighted by atomic mass is 10.1. The number of piperazine rings is 1. The van der Waals surface area contributed by atoms with Crippen LogP contribution in [0.5, 0.6) is 0 Å². The fourth-order valence-corrected chi connectivity index (χ4v) is 4.14. The van der Waals surface area contributed by atoms with E-state index in [0.29, 0.717) is 50.4 Å². The molecule has 1 saturated heterocycles. The first-order valence-electron chi connectivity index (χ1n) is 10.3. The summed E-state index contributed by atoms with van der Waals surface area (Å²) in [4.78, 5) is 32.6. The standard InChI is InChI=1S/C22H25FN6O2/c1-14-16(15(2)29-22(26-14)17(13-25-29)21(24)31)7-8-20(30)28-11-9-27(10-12-28)19-6-4-3-5-18(19)23/h3-6,13H,7-12H2,1-2H3,(H2,24,31). The summed E-state index contributed by atoms with van der Waals surface area (Å²) in [6.45, 7) is 6.07. The number of carbonyl (C=O) groups excluding carboxylic acids is 2. The molecule has 0 unspecified atom stereocenters. The van der Waals surface area contributed by atoms with Gasteiger partial charge in [0.05, 0.1) is 11.9 Å². The Hall–Kier alpha value is -3.49. The van der Waals surface area contributed by atoms with Crippen molar-refractivity contribution in [1.82, 2.24) is 19.5 Å². The van der Waals surface area contributed by atoms with Crippen LogP contribution in [0.2, 0.25) is 0 Å². The van der Waals surface area contributed by atoms with Crippen molar-refractivity contribution >= 4 is 23.1 Å². The van der Waals surface area contributed by atoms with Crippen molar-refractivity contribution in [1.29, 1.82) is 0 Å².